The van der Waals surface area contributed by atoms with Gasteiger partial charge in [0.05, 0.1) is 10.2 Å². The summed E-state index contributed by atoms with van der Waals surface area (Å²) in [6, 6.07) is 11.4. The van der Waals surface area contributed by atoms with Gasteiger partial charge in [-0.1, -0.05) is 18.2 Å². The summed E-state index contributed by atoms with van der Waals surface area (Å²) < 4.78 is 1.18. The predicted molar refractivity (Wildman–Crippen MR) is 70.1 cm³/mol. The fourth-order valence-corrected chi connectivity index (χ4v) is 2.71. The topological polar surface area (TPSA) is 58.9 Å². The lowest BCUT2D eigenvalue weighted by atomic mass is 10.0. The van der Waals surface area contributed by atoms with Gasteiger partial charge >= 0.3 is 0 Å². The van der Waals surface area contributed by atoms with Gasteiger partial charge in [-0.15, -0.1) is 11.3 Å². The first-order valence-electron chi connectivity index (χ1n) is 5.21. The van der Waals surface area contributed by atoms with E-state index in [9.17, 15) is 4.79 Å². The van der Waals surface area contributed by atoms with Crippen molar-refractivity contribution in [1.82, 2.24) is 4.98 Å². The minimum atomic E-state index is -0.404. The molecule has 0 aliphatic heterocycles. The molecule has 0 bridgehead atoms. The van der Waals surface area contributed by atoms with Crippen molar-refractivity contribution in [2.75, 3.05) is 0 Å². The van der Waals surface area contributed by atoms with E-state index in [-0.39, 0.29) is 0 Å². The Balaban J connectivity index is 2.21. The largest absolute Gasteiger partial charge is 0.366 e. The fourth-order valence-electron chi connectivity index (χ4n) is 1.93. The molecule has 0 unspecified atom stereocenters. The molecule has 0 saturated heterocycles. The second kappa shape index (κ2) is 3.75. The van der Waals surface area contributed by atoms with Crippen molar-refractivity contribution in [3.8, 4) is 11.3 Å². The molecule has 1 aromatic carbocycles. The van der Waals surface area contributed by atoms with E-state index in [1.54, 1.807) is 17.4 Å². The Labute approximate surface area is 102 Å². The van der Waals surface area contributed by atoms with Crippen LogP contribution in [0.15, 0.2) is 41.8 Å². The maximum Gasteiger partial charge on any atom is 0.249 e. The number of aromatic nitrogens is 1. The SMILES string of the molecule is NC(=O)c1ccccc1-c1cc2sccc2[nH]1. The smallest absolute Gasteiger partial charge is 0.249 e. The molecule has 2 heterocycles. The molecule has 0 saturated carbocycles. The number of carbonyl (C=O) groups excluding carboxylic acids is 1. The first kappa shape index (κ1) is 10.1. The van der Waals surface area contributed by atoms with Crippen LogP contribution in [0.3, 0.4) is 0 Å². The lowest BCUT2D eigenvalue weighted by molar-refractivity contribution is 0.100. The number of rotatable bonds is 2. The van der Waals surface area contributed by atoms with Crippen LogP contribution < -0.4 is 5.73 Å². The van der Waals surface area contributed by atoms with Crippen LogP contribution in [0.4, 0.5) is 0 Å². The molecule has 17 heavy (non-hydrogen) atoms. The molecule has 84 valence electrons. The minimum absolute atomic E-state index is 0.404. The van der Waals surface area contributed by atoms with E-state index in [1.807, 2.05) is 35.7 Å². The minimum Gasteiger partial charge on any atom is -0.366 e. The highest BCUT2D eigenvalue weighted by molar-refractivity contribution is 7.17. The molecule has 0 spiro atoms. The summed E-state index contributed by atoms with van der Waals surface area (Å²) in [5, 5.41) is 2.03. The van der Waals surface area contributed by atoms with Gasteiger partial charge in [0, 0.05) is 16.8 Å². The molecule has 0 fully saturated rings. The van der Waals surface area contributed by atoms with Gasteiger partial charge in [-0.05, 0) is 23.6 Å². The number of amides is 1. The molecular formula is C13H10N2OS. The van der Waals surface area contributed by atoms with Gasteiger partial charge in [0.2, 0.25) is 5.91 Å². The number of benzene rings is 1. The van der Waals surface area contributed by atoms with Gasteiger partial charge in [0.1, 0.15) is 0 Å². The van der Waals surface area contributed by atoms with Crippen LogP contribution in [0.25, 0.3) is 21.5 Å². The van der Waals surface area contributed by atoms with Crippen LogP contribution in [0.2, 0.25) is 0 Å². The number of nitrogens with one attached hydrogen (secondary N) is 1. The van der Waals surface area contributed by atoms with Crippen molar-refractivity contribution in [3.05, 3.63) is 47.3 Å². The van der Waals surface area contributed by atoms with Gasteiger partial charge in [0.15, 0.2) is 0 Å². The Morgan fingerprint density at radius 2 is 2.06 bits per heavy atom. The van der Waals surface area contributed by atoms with Crippen molar-refractivity contribution < 1.29 is 4.79 Å². The highest BCUT2D eigenvalue weighted by atomic mass is 32.1. The lowest BCUT2D eigenvalue weighted by Gasteiger charge is -2.03. The second-order valence-electron chi connectivity index (χ2n) is 3.79. The summed E-state index contributed by atoms with van der Waals surface area (Å²) in [6.45, 7) is 0. The summed E-state index contributed by atoms with van der Waals surface area (Å²) in [6.07, 6.45) is 0. The monoisotopic (exact) mass is 242 g/mol. The van der Waals surface area contributed by atoms with E-state index in [1.165, 1.54) is 4.70 Å². The number of aromatic amines is 1. The number of hydrogen-bond acceptors (Lipinski definition) is 2. The number of hydrogen-bond donors (Lipinski definition) is 2. The molecule has 3 N–H and O–H groups in total. The van der Waals surface area contributed by atoms with Crippen LogP contribution in [0.1, 0.15) is 10.4 Å². The van der Waals surface area contributed by atoms with E-state index < -0.39 is 5.91 Å². The number of primary amides is 1. The van der Waals surface area contributed by atoms with Crippen LogP contribution in [-0.2, 0) is 0 Å². The van der Waals surface area contributed by atoms with E-state index in [2.05, 4.69) is 4.98 Å². The van der Waals surface area contributed by atoms with E-state index in [0.29, 0.717) is 5.56 Å². The Morgan fingerprint density at radius 1 is 1.24 bits per heavy atom. The molecule has 0 aliphatic carbocycles. The highest BCUT2D eigenvalue weighted by Gasteiger charge is 2.11. The highest BCUT2D eigenvalue weighted by Crippen LogP contribution is 2.29. The number of H-pyrrole nitrogens is 1. The van der Waals surface area contributed by atoms with Gasteiger partial charge < -0.3 is 10.7 Å². The zero-order valence-corrected chi connectivity index (χ0v) is 9.75. The number of nitrogens with two attached hydrogens (primary N) is 1. The first-order valence-corrected chi connectivity index (χ1v) is 6.09. The zero-order valence-electron chi connectivity index (χ0n) is 8.94. The molecule has 0 atom stereocenters. The summed E-state index contributed by atoms with van der Waals surface area (Å²) >= 11 is 1.67. The number of fused-ring (bicyclic) bond motifs is 1. The molecule has 4 heteroatoms. The molecule has 2 aromatic heterocycles. The summed E-state index contributed by atoms with van der Waals surface area (Å²) in [4.78, 5) is 14.6. The Morgan fingerprint density at radius 3 is 2.82 bits per heavy atom. The number of carbonyl (C=O) groups is 1. The average Bonchev–Trinajstić information content (AvgIpc) is 2.88. The fraction of sp³-hybridized carbons (Fsp3) is 0. The van der Waals surface area contributed by atoms with E-state index >= 15 is 0 Å². The standard InChI is InChI=1S/C13H10N2OS/c14-13(16)9-4-2-1-3-8(9)11-7-12-10(15-11)5-6-17-12/h1-7,15H,(H2,14,16). The first-order chi connectivity index (χ1) is 8.25. The quantitative estimate of drug-likeness (QED) is 0.713. The molecule has 3 aromatic rings. The van der Waals surface area contributed by atoms with Gasteiger partial charge in [-0.25, -0.2) is 0 Å². The van der Waals surface area contributed by atoms with E-state index in [4.69, 9.17) is 5.73 Å². The van der Waals surface area contributed by atoms with Gasteiger partial charge in [-0.2, -0.15) is 0 Å². The molecule has 3 rings (SSSR count). The predicted octanol–water partition coefficient (Wildman–Crippen LogP) is 3.00. The van der Waals surface area contributed by atoms with Gasteiger partial charge in [0.25, 0.3) is 0 Å². The van der Waals surface area contributed by atoms with Gasteiger partial charge in [-0.3, -0.25) is 4.79 Å². The van der Waals surface area contributed by atoms with Crippen LogP contribution in [0.5, 0.6) is 0 Å². The Kier molecular flexibility index (Phi) is 2.23. The van der Waals surface area contributed by atoms with Crippen molar-refractivity contribution in [3.63, 3.8) is 0 Å². The maximum absolute atomic E-state index is 11.4. The molecular weight excluding hydrogens is 232 g/mol. The average molecular weight is 242 g/mol. The molecule has 0 aliphatic rings. The van der Waals surface area contributed by atoms with Crippen LogP contribution >= 0.6 is 11.3 Å². The van der Waals surface area contributed by atoms with Crippen LogP contribution in [-0.4, -0.2) is 10.9 Å². The van der Waals surface area contributed by atoms with Crippen molar-refractivity contribution in [1.29, 1.82) is 0 Å². The maximum atomic E-state index is 11.4. The third kappa shape index (κ3) is 1.62. The van der Waals surface area contributed by atoms with Crippen LogP contribution in [0, 0.1) is 0 Å². The van der Waals surface area contributed by atoms with E-state index in [0.717, 1.165) is 16.8 Å². The summed E-state index contributed by atoms with van der Waals surface area (Å²) in [5.74, 6) is -0.404. The Bertz CT molecular complexity index is 668. The molecule has 3 nitrogen and oxygen atoms in total. The summed E-state index contributed by atoms with van der Waals surface area (Å²) in [7, 11) is 0. The van der Waals surface area contributed by atoms with Crippen molar-refractivity contribution in [2.24, 2.45) is 5.73 Å². The van der Waals surface area contributed by atoms with Crippen molar-refractivity contribution in [2.45, 2.75) is 0 Å². The second-order valence-corrected chi connectivity index (χ2v) is 4.74. The Hall–Kier alpha value is -2.07. The summed E-state index contributed by atoms with van der Waals surface area (Å²) in [5.41, 5.74) is 8.78. The molecule has 0 radical (unpaired) electrons. The lowest BCUT2D eigenvalue weighted by Crippen LogP contribution is -2.12. The van der Waals surface area contributed by atoms with Crippen molar-refractivity contribution >= 4 is 27.5 Å². The normalized spacial score (nSPS) is 10.8. The third-order valence-electron chi connectivity index (χ3n) is 2.72. The zero-order chi connectivity index (χ0) is 11.8. The number of thiophene rings is 1. The molecule has 1 amide bonds. The third-order valence-corrected chi connectivity index (χ3v) is 3.59.